The summed E-state index contributed by atoms with van der Waals surface area (Å²) in [7, 11) is -3.52. The number of hydrogen-bond acceptors (Lipinski definition) is 4. The summed E-state index contributed by atoms with van der Waals surface area (Å²) in [6, 6.07) is 8.46. The molecular formula is C18H20FN3O3S. The van der Waals surface area contributed by atoms with Crippen LogP contribution in [0, 0.1) is 11.9 Å². The number of carbonyl (C=O) groups is 1. The molecule has 2 heterocycles. The Kier molecular flexibility index (Phi) is 5.33. The van der Waals surface area contributed by atoms with Crippen molar-refractivity contribution in [2.45, 2.75) is 24.7 Å². The normalized spacial score (nSPS) is 16.4. The zero-order valence-electron chi connectivity index (χ0n) is 14.4. The van der Waals surface area contributed by atoms with Crippen LogP contribution in [0.2, 0.25) is 0 Å². The van der Waals surface area contributed by atoms with Crippen LogP contribution in [-0.2, 0) is 10.0 Å². The van der Waals surface area contributed by atoms with Crippen molar-refractivity contribution in [1.82, 2.24) is 9.29 Å². The highest BCUT2D eigenvalue weighted by molar-refractivity contribution is 7.89. The first-order valence-electron chi connectivity index (χ1n) is 8.39. The maximum Gasteiger partial charge on any atom is 0.257 e. The molecule has 1 saturated heterocycles. The van der Waals surface area contributed by atoms with Crippen LogP contribution in [0.1, 0.15) is 30.1 Å². The Balaban J connectivity index is 1.70. The van der Waals surface area contributed by atoms with Crippen LogP contribution in [0.4, 0.5) is 10.1 Å². The second-order valence-corrected chi connectivity index (χ2v) is 8.37. The highest BCUT2D eigenvalue weighted by Gasteiger charge is 2.27. The van der Waals surface area contributed by atoms with Gasteiger partial charge in [0.15, 0.2) is 0 Å². The first kappa shape index (κ1) is 18.5. The number of sulfonamides is 1. The topological polar surface area (TPSA) is 79.4 Å². The van der Waals surface area contributed by atoms with Gasteiger partial charge in [0.05, 0.1) is 10.5 Å². The van der Waals surface area contributed by atoms with E-state index < -0.39 is 21.9 Å². The molecule has 0 radical (unpaired) electrons. The third kappa shape index (κ3) is 4.08. The van der Waals surface area contributed by atoms with E-state index >= 15 is 0 Å². The number of pyridine rings is 1. The Bertz CT molecular complexity index is 875. The standard InChI is InChI=1S/C18H20FN3O3S/c1-13-8-10-22(11-9-13)26(24,25)16-5-3-15(4-6-16)21-18(23)14-2-7-17(19)20-12-14/h2-7,12-13H,8-11H2,1H3,(H,21,23). The van der Waals surface area contributed by atoms with E-state index in [0.717, 1.165) is 25.1 Å². The quantitative estimate of drug-likeness (QED) is 0.831. The van der Waals surface area contributed by atoms with Crippen LogP contribution in [0.3, 0.4) is 0 Å². The molecule has 0 bridgehead atoms. The van der Waals surface area contributed by atoms with Crippen molar-refractivity contribution < 1.29 is 17.6 Å². The largest absolute Gasteiger partial charge is 0.322 e. The molecule has 1 amide bonds. The molecule has 26 heavy (non-hydrogen) atoms. The predicted molar refractivity (Wildman–Crippen MR) is 95.7 cm³/mol. The molecular weight excluding hydrogens is 357 g/mol. The average Bonchev–Trinajstić information content (AvgIpc) is 2.63. The Morgan fingerprint density at radius 1 is 1.15 bits per heavy atom. The number of piperidine rings is 1. The lowest BCUT2D eigenvalue weighted by Crippen LogP contribution is -2.37. The number of aromatic nitrogens is 1. The zero-order valence-corrected chi connectivity index (χ0v) is 15.2. The molecule has 1 aromatic carbocycles. The molecule has 0 spiro atoms. The van der Waals surface area contributed by atoms with Crippen molar-refractivity contribution in [1.29, 1.82) is 0 Å². The van der Waals surface area contributed by atoms with E-state index in [0.29, 0.717) is 24.7 Å². The van der Waals surface area contributed by atoms with Crippen LogP contribution in [0.25, 0.3) is 0 Å². The lowest BCUT2D eigenvalue weighted by atomic mass is 10.0. The van der Waals surface area contributed by atoms with Gasteiger partial charge in [0, 0.05) is 25.0 Å². The molecule has 1 N–H and O–H groups in total. The Morgan fingerprint density at radius 3 is 2.38 bits per heavy atom. The number of amides is 1. The van der Waals surface area contributed by atoms with Crippen molar-refractivity contribution in [3.05, 3.63) is 54.1 Å². The SMILES string of the molecule is CC1CCN(S(=O)(=O)c2ccc(NC(=O)c3ccc(F)nc3)cc2)CC1. The summed E-state index contributed by atoms with van der Waals surface area (Å²) < 4.78 is 39.7. The number of nitrogens with zero attached hydrogens (tertiary/aromatic N) is 2. The molecule has 8 heteroatoms. The smallest absolute Gasteiger partial charge is 0.257 e. The van der Waals surface area contributed by atoms with Crippen LogP contribution in [-0.4, -0.2) is 36.7 Å². The molecule has 6 nitrogen and oxygen atoms in total. The molecule has 0 saturated carbocycles. The third-order valence-corrected chi connectivity index (χ3v) is 6.40. The van der Waals surface area contributed by atoms with E-state index in [1.54, 1.807) is 0 Å². The average molecular weight is 377 g/mol. The first-order chi connectivity index (χ1) is 12.4. The molecule has 2 aromatic rings. The summed E-state index contributed by atoms with van der Waals surface area (Å²) in [6.07, 6.45) is 2.86. The molecule has 1 fully saturated rings. The van der Waals surface area contributed by atoms with Gasteiger partial charge in [-0.1, -0.05) is 6.92 Å². The van der Waals surface area contributed by atoms with E-state index in [9.17, 15) is 17.6 Å². The molecule has 3 rings (SSSR count). The van der Waals surface area contributed by atoms with Gasteiger partial charge < -0.3 is 5.32 Å². The first-order valence-corrected chi connectivity index (χ1v) is 9.83. The number of rotatable bonds is 4. The highest BCUT2D eigenvalue weighted by atomic mass is 32.2. The van der Waals surface area contributed by atoms with Gasteiger partial charge in [-0.15, -0.1) is 0 Å². The minimum absolute atomic E-state index is 0.202. The summed E-state index contributed by atoms with van der Waals surface area (Å²) in [5.41, 5.74) is 0.663. The van der Waals surface area contributed by atoms with Gasteiger partial charge in [-0.2, -0.15) is 8.70 Å². The van der Waals surface area contributed by atoms with Gasteiger partial charge in [0.2, 0.25) is 16.0 Å². The van der Waals surface area contributed by atoms with Gasteiger partial charge >= 0.3 is 0 Å². The second-order valence-electron chi connectivity index (χ2n) is 6.43. The Labute approximate surface area is 152 Å². The van der Waals surface area contributed by atoms with E-state index in [1.165, 1.54) is 34.6 Å². The van der Waals surface area contributed by atoms with Gasteiger partial charge in [-0.25, -0.2) is 13.4 Å². The number of anilines is 1. The molecule has 0 unspecified atom stereocenters. The van der Waals surface area contributed by atoms with E-state index in [1.807, 2.05) is 0 Å². The minimum atomic E-state index is -3.52. The molecule has 1 aliphatic rings. The maximum atomic E-state index is 12.8. The predicted octanol–water partition coefficient (Wildman–Crippen LogP) is 2.89. The Morgan fingerprint density at radius 2 is 1.81 bits per heavy atom. The molecule has 1 aromatic heterocycles. The van der Waals surface area contributed by atoms with E-state index in [4.69, 9.17) is 0 Å². The fourth-order valence-electron chi connectivity index (χ4n) is 2.80. The van der Waals surface area contributed by atoms with Crippen molar-refractivity contribution in [2.75, 3.05) is 18.4 Å². The van der Waals surface area contributed by atoms with Gasteiger partial charge in [0.25, 0.3) is 5.91 Å². The van der Waals surface area contributed by atoms with Crippen LogP contribution < -0.4 is 5.32 Å². The lowest BCUT2D eigenvalue weighted by Gasteiger charge is -2.29. The van der Waals surface area contributed by atoms with Crippen LogP contribution in [0.5, 0.6) is 0 Å². The molecule has 0 atom stereocenters. The van der Waals surface area contributed by atoms with Gasteiger partial charge in [0.1, 0.15) is 0 Å². The van der Waals surface area contributed by atoms with Gasteiger partial charge in [-0.3, -0.25) is 4.79 Å². The lowest BCUT2D eigenvalue weighted by molar-refractivity contribution is 0.102. The monoisotopic (exact) mass is 377 g/mol. The van der Waals surface area contributed by atoms with Crippen molar-refractivity contribution in [3.63, 3.8) is 0 Å². The fraction of sp³-hybridized carbons (Fsp3) is 0.333. The maximum absolute atomic E-state index is 12.8. The van der Waals surface area contributed by atoms with Crippen molar-refractivity contribution in [3.8, 4) is 0 Å². The number of hydrogen-bond donors (Lipinski definition) is 1. The van der Waals surface area contributed by atoms with Gasteiger partial charge in [-0.05, 0) is 55.2 Å². The summed E-state index contributed by atoms with van der Waals surface area (Å²) in [5.74, 6) is -0.568. The second kappa shape index (κ2) is 7.51. The minimum Gasteiger partial charge on any atom is -0.322 e. The highest BCUT2D eigenvalue weighted by Crippen LogP contribution is 2.24. The van der Waals surface area contributed by atoms with E-state index in [2.05, 4.69) is 17.2 Å². The molecule has 1 aliphatic heterocycles. The van der Waals surface area contributed by atoms with Crippen LogP contribution >= 0.6 is 0 Å². The number of carbonyl (C=O) groups excluding carboxylic acids is 1. The van der Waals surface area contributed by atoms with Crippen LogP contribution in [0.15, 0.2) is 47.5 Å². The number of halogens is 1. The summed E-state index contributed by atoms with van der Waals surface area (Å²) in [4.78, 5) is 15.7. The third-order valence-electron chi connectivity index (χ3n) is 4.48. The molecule has 0 aliphatic carbocycles. The Hall–Kier alpha value is -2.32. The van der Waals surface area contributed by atoms with Crippen molar-refractivity contribution >= 4 is 21.6 Å². The van der Waals surface area contributed by atoms with Crippen molar-refractivity contribution in [2.24, 2.45) is 5.92 Å². The molecule has 138 valence electrons. The summed E-state index contributed by atoms with van der Waals surface area (Å²) in [5, 5.41) is 2.63. The summed E-state index contributed by atoms with van der Waals surface area (Å²) >= 11 is 0. The fourth-order valence-corrected chi connectivity index (χ4v) is 4.27. The number of benzene rings is 1. The number of nitrogens with one attached hydrogen (secondary N) is 1. The zero-order chi connectivity index (χ0) is 18.7. The summed E-state index contributed by atoms with van der Waals surface area (Å²) in [6.45, 7) is 3.18. The van der Waals surface area contributed by atoms with E-state index in [-0.39, 0.29) is 10.5 Å².